The van der Waals surface area contributed by atoms with E-state index < -0.39 is 34.0 Å². The Hall–Kier alpha value is -1.65. The standard InChI is InChI=1S/C25H45N2O4/c1-22(2,3)18(29)14-13-17(21(31)24(7,8)9)27(16-28)20(26-25(10,11)12)15-19(30)23(4,5)6/h17,20,26H,13-15H2,1-12H3/q+1. The van der Waals surface area contributed by atoms with E-state index in [1.54, 1.807) is 20.8 Å². The Kier molecular flexibility index (Phi) is 9.76. The van der Waals surface area contributed by atoms with E-state index in [9.17, 15) is 19.2 Å². The molecule has 0 amide bonds. The summed E-state index contributed by atoms with van der Waals surface area (Å²) >= 11 is 0. The van der Waals surface area contributed by atoms with Crippen molar-refractivity contribution in [3.05, 3.63) is 0 Å². The molecule has 0 aliphatic heterocycles. The number of carbonyl (C=O) groups excluding carboxylic acids is 4. The Bertz CT molecular complexity index is 719. The maximum atomic E-state index is 13.3. The maximum Gasteiger partial charge on any atom is 0.426 e. The van der Waals surface area contributed by atoms with Gasteiger partial charge in [0.2, 0.25) is 18.0 Å². The third-order valence-corrected chi connectivity index (χ3v) is 5.12. The van der Waals surface area contributed by atoms with Gasteiger partial charge in [0, 0.05) is 34.6 Å². The number of nitrogens with one attached hydrogen (secondary N) is 1. The van der Waals surface area contributed by atoms with Gasteiger partial charge in [-0.1, -0.05) is 62.3 Å². The molecular weight excluding hydrogens is 392 g/mol. The normalized spacial score (nSPS) is 15.1. The van der Waals surface area contributed by atoms with Gasteiger partial charge in [0.15, 0.2) is 0 Å². The van der Waals surface area contributed by atoms with Crippen LogP contribution in [0.3, 0.4) is 0 Å². The predicted octanol–water partition coefficient (Wildman–Crippen LogP) is 4.43. The van der Waals surface area contributed by atoms with Crippen LogP contribution < -0.4 is 5.32 Å². The molecule has 0 aromatic heterocycles. The van der Waals surface area contributed by atoms with Crippen LogP contribution in [0, 0.1) is 16.2 Å². The lowest BCUT2D eigenvalue weighted by atomic mass is 9.81. The predicted molar refractivity (Wildman–Crippen MR) is 124 cm³/mol. The molecule has 0 rings (SSSR count). The molecule has 2 unspecified atom stereocenters. The molecule has 6 heteroatoms. The fraction of sp³-hybridized carbons (Fsp3) is 0.840. The molecule has 1 N–H and O–H groups in total. The second-order valence-corrected chi connectivity index (χ2v) is 12.6. The van der Waals surface area contributed by atoms with E-state index in [4.69, 9.17) is 0 Å². The molecule has 0 aromatic rings. The average molecular weight is 438 g/mol. The molecule has 0 heterocycles. The molecule has 2 atom stereocenters. The number of Topliss-reactive ketones (excluding diaryl/α,β-unsaturated/α-hetero) is 3. The highest BCUT2D eigenvalue weighted by atomic mass is 16.1. The molecule has 0 radical (unpaired) electrons. The fourth-order valence-corrected chi connectivity index (χ4v) is 3.08. The van der Waals surface area contributed by atoms with Crippen LogP contribution in [0.1, 0.15) is 102 Å². The summed E-state index contributed by atoms with van der Waals surface area (Å²) in [7, 11) is 0. The monoisotopic (exact) mass is 437 g/mol. The van der Waals surface area contributed by atoms with Crippen molar-refractivity contribution in [2.24, 2.45) is 16.2 Å². The molecule has 0 saturated carbocycles. The summed E-state index contributed by atoms with van der Waals surface area (Å²) in [5, 5.41) is 3.32. The highest BCUT2D eigenvalue weighted by Gasteiger charge is 2.44. The van der Waals surface area contributed by atoms with E-state index in [1.165, 1.54) is 4.58 Å². The molecule has 0 fully saturated rings. The summed E-state index contributed by atoms with van der Waals surface area (Å²) < 4.78 is 1.30. The molecule has 178 valence electrons. The highest BCUT2D eigenvalue weighted by molar-refractivity contribution is 5.89. The smallest absolute Gasteiger partial charge is 0.299 e. The summed E-state index contributed by atoms with van der Waals surface area (Å²) in [6, 6.07) is -0.851. The van der Waals surface area contributed by atoms with Gasteiger partial charge in [-0.2, -0.15) is 4.79 Å². The number of hydrogen-bond donors (Lipinski definition) is 1. The van der Waals surface area contributed by atoms with E-state index in [0.29, 0.717) is 0 Å². The zero-order valence-electron chi connectivity index (χ0n) is 21.9. The van der Waals surface area contributed by atoms with E-state index in [1.807, 2.05) is 68.4 Å². The third-order valence-electron chi connectivity index (χ3n) is 5.12. The minimum Gasteiger partial charge on any atom is -0.299 e. The highest BCUT2D eigenvalue weighted by Crippen LogP contribution is 2.26. The summed E-state index contributed by atoms with van der Waals surface area (Å²) in [5.41, 5.74) is -2.24. The van der Waals surface area contributed by atoms with Gasteiger partial charge in [-0.25, -0.2) is 0 Å². The van der Waals surface area contributed by atoms with Crippen molar-refractivity contribution in [1.29, 1.82) is 0 Å². The SMILES string of the molecule is CC(C)(C)NC(CC(=O)C(C)(C)C)[N+](=C=O)C(CCC(=O)C(C)(C)C)C(=O)C(C)(C)C. The minimum absolute atomic E-state index is 0.0242. The molecule has 0 bridgehead atoms. The van der Waals surface area contributed by atoms with Crippen LogP contribution in [0.5, 0.6) is 0 Å². The van der Waals surface area contributed by atoms with Gasteiger partial charge < -0.3 is 0 Å². The lowest BCUT2D eigenvalue weighted by molar-refractivity contribution is -0.594. The summed E-state index contributed by atoms with van der Waals surface area (Å²) in [6.45, 7) is 22.2. The molecule has 0 saturated heterocycles. The van der Waals surface area contributed by atoms with Gasteiger partial charge in [0.05, 0.1) is 6.42 Å². The first-order valence-corrected chi connectivity index (χ1v) is 11.2. The van der Waals surface area contributed by atoms with Crippen molar-refractivity contribution in [3.63, 3.8) is 0 Å². The zero-order chi connectivity index (χ0) is 25.0. The summed E-state index contributed by atoms with van der Waals surface area (Å²) in [4.78, 5) is 50.9. The van der Waals surface area contributed by atoms with Crippen LogP contribution in [0.4, 0.5) is 0 Å². The Balaban J connectivity index is 6.26. The van der Waals surface area contributed by atoms with Gasteiger partial charge >= 0.3 is 6.08 Å². The van der Waals surface area contributed by atoms with Gasteiger partial charge in [0.1, 0.15) is 11.6 Å². The molecule has 31 heavy (non-hydrogen) atoms. The number of rotatable bonds is 9. The molecular formula is C25H45N2O4+. The van der Waals surface area contributed by atoms with Crippen LogP contribution in [-0.4, -0.2) is 45.8 Å². The van der Waals surface area contributed by atoms with Crippen LogP contribution in [0.15, 0.2) is 0 Å². The van der Waals surface area contributed by atoms with Gasteiger partial charge in [-0.3, -0.25) is 19.7 Å². The van der Waals surface area contributed by atoms with Crippen molar-refractivity contribution < 1.29 is 23.8 Å². The van der Waals surface area contributed by atoms with Crippen molar-refractivity contribution >= 4 is 23.4 Å². The maximum absolute atomic E-state index is 13.3. The molecule has 0 aliphatic carbocycles. The minimum atomic E-state index is -0.851. The second-order valence-electron chi connectivity index (χ2n) is 12.6. The van der Waals surface area contributed by atoms with Crippen LogP contribution in [0.2, 0.25) is 0 Å². The number of hydrogen-bond acceptors (Lipinski definition) is 5. The molecule has 0 aliphatic rings. The number of nitrogens with zero attached hydrogens (tertiary/aromatic N) is 1. The lowest BCUT2D eigenvalue weighted by Crippen LogP contribution is -2.56. The van der Waals surface area contributed by atoms with Crippen LogP contribution in [-0.2, 0) is 19.2 Å². The van der Waals surface area contributed by atoms with E-state index in [0.717, 1.165) is 0 Å². The Morgan fingerprint density at radius 3 is 1.55 bits per heavy atom. The van der Waals surface area contributed by atoms with E-state index in [-0.39, 0.29) is 36.6 Å². The molecule has 0 aromatic carbocycles. The van der Waals surface area contributed by atoms with Crippen molar-refractivity contribution in [2.75, 3.05) is 0 Å². The Labute approximate surface area is 189 Å². The lowest BCUT2D eigenvalue weighted by Gasteiger charge is -2.30. The Morgan fingerprint density at radius 1 is 0.774 bits per heavy atom. The topological polar surface area (TPSA) is 83.3 Å². The van der Waals surface area contributed by atoms with Gasteiger partial charge in [0.25, 0.3) is 0 Å². The average Bonchev–Trinajstić information content (AvgIpc) is 2.53. The number of ketones is 3. The van der Waals surface area contributed by atoms with Crippen molar-refractivity contribution in [3.8, 4) is 0 Å². The van der Waals surface area contributed by atoms with Gasteiger partial charge in [-0.05, 0) is 20.8 Å². The zero-order valence-corrected chi connectivity index (χ0v) is 21.9. The Morgan fingerprint density at radius 2 is 1.23 bits per heavy atom. The van der Waals surface area contributed by atoms with E-state index in [2.05, 4.69) is 5.32 Å². The molecule has 0 spiro atoms. The quantitative estimate of drug-likeness (QED) is 0.250. The van der Waals surface area contributed by atoms with E-state index >= 15 is 0 Å². The first-order chi connectivity index (χ1) is 13.6. The molecule has 6 nitrogen and oxygen atoms in total. The fourth-order valence-electron chi connectivity index (χ4n) is 3.08. The van der Waals surface area contributed by atoms with Crippen molar-refractivity contribution in [2.45, 2.75) is 120 Å². The van der Waals surface area contributed by atoms with Crippen molar-refractivity contribution in [1.82, 2.24) is 5.32 Å². The first kappa shape index (κ1) is 29.4. The summed E-state index contributed by atoms with van der Waals surface area (Å²) in [6.07, 6.45) is 1.65. The van der Waals surface area contributed by atoms with Crippen LogP contribution in [0.25, 0.3) is 0 Å². The number of isocyanates is 1. The largest absolute Gasteiger partial charge is 0.426 e. The summed E-state index contributed by atoms with van der Waals surface area (Å²) in [5.74, 6) is -0.153. The van der Waals surface area contributed by atoms with Crippen LogP contribution >= 0.6 is 0 Å². The second kappa shape index (κ2) is 10.3. The first-order valence-electron chi connectivity index (χ1n) is 11.2. The number of carbonyl (C=O) groups is 3. The third kappa shape index (κ3) is 10.0. The van der Waals surface area contributed by atoms with Gasteiger partial charge in [-0.15, -0.1) is 4.58 Å².